The van der Waals surface area contributed by atoms with E-state index < -0.39 is 148 Å². The molecule has 0 amide bonds. The topological polar surface area (TPSA) is 3.88 Å². The maximum Gasteiger partial charge on any atom is 0.216 e. The number of halogens is 23. The molecule has 1 nitrogen and oxygen atoms in total. The van der Waals surface area contributed by atoms with E-state index >= 15 is 35.1 Å². The first-order valence-corrected chi connectivity index (χ1v) is 17.2. The van der Waals surface area contributed by atoms with Crippen molar-refractivity contribution in [2.45, 2.75) is 10.3 Å². The summed E-state index contributed by atoms with van der Waals surface area (Å²) in [5, 5.41) is 0. The summed E-state index contributed by atoms with van der Waals surface area (Å²) in [4.78, 5) is 0. The maximum atomic E-state index is 15.4. The minimum atomic E-state index is -7.22. The van der Waals surface area contributed by atoms with Gasteiger partial charge in [-0.05, 0) is 0 Å². The van der Waals surface area contributed by atoms with Gasteiger partial charge in [0.1, 0.15) is 52.7 Å². The molecule has 0 radical (unpaired) electrons. The van der Waals surface area contributed by atoms with Gasteiger partial charge in [-0.25, -0.2) is 92.4 Å². The van der Waals surface area contributed by atoms with Gasteiger partial charge in [-0.3, -0.25) is 0 Å². The summed E-state index contributed by atoms with van der Waals surface area (Å²) in [6, 6.07) is 13.8. The van der Waals surface area contributed by atoms with Gasteiger partial charge in [0.15, 0.2) is 88.7 Å². The van der Waals surface area contributed by atoms with Gasteiger partial charge in [0, 0.05) is 23.3 Å². The van der Waals surface area contributed by atoms with Crippen molar-refractivity contribution in [3.63, 3.8) is 0 Å². The second-order valence-electron chi connectivity index (χ2n) is 12.5. The van der Waals surface area contributed by atoms with Crippen molar-refractivity contribution in [2.75, 3.05) is 0 Å². The first-order valence-electron chi connectivity index (χ1n) is 16.1. The Morgan fingerprint density at radius 1 is 0.339 bits per heavy atom. The third-order valence-electron chi connectivity index (χ3n) is 9.13. The highest BCUT2D eigenvalue weighted by molar-refractivity contribution is 7.20. The van der Waals surface area contributed by atoms with E-state index in [0.29, 0.717) is 5.56 Å². The summed E-state index contributed by atoms with van der Waals surface area (Å²) in [5.41, 5.74) is -12.4. The highest BCUT2D eigenvalue weighted by Crippen LogP contribution is 2.37. The quantitative estimate of drug-likeness (QED) is 0.0392. The number of benzene rings is 5. The molecule has 0 saturated heterocycles. The SMILES string of the molecule is ClC(Cl)(Cl)c1cc[n+](Cc2ccccc2)cc1.Fc1c(F)c(F)c([B-](c2c(F)c(F)c(F)c(F)c2F)(c2c(F)c(F)c(F)c(F)c2F)c2c(F)c(F)c(F)c(F)c2F)c(F)c1F. The van der Waals surface area contributed by atoms with E-state index in [-0.39, 0.29) is 0 Å². The maximum absolute atomic E-state index is 15.4. The van der Waals surface area contributed by atoms with E-state index in [4.69, 9.17) is 34.8 Å². The Kier molecular flexibility index (Phi) is 13.5. The molecular weight excluding hydrogens is 956 g/mol. The summed E-state index contributed by atoms with van der Waals surface area (Å²) in [7, 11) is 0. The largest absolute Gasteiger partial charge is 0.216 e. The van der Waals surface area contributed by atoms with Crippen molar-refractivity contribution in [1.29, 1.82) is 0 Å². The summed E-state index contributed by atoms with van der Waals surface area (Å²) in [5.74, 6) is -71.4. The van der Waals surface area contributed by atoms with Gasteiger partial charge in [-0.15, -0.1) is 21.9 Å². The molecule has 0 bridgehead atoms. The lowest BCUT2D eigenvalue weighted by Crippen LogP contribution is -2.81. The van der Waals surface area contributed by atoms with Crippen LogP contribution in [0.15, 0.2) is 54.9 Å². The fraction of sp³-hybridized carbons (Fsp3) is 0.0541. The van der Waals surface area contributed by atoms with Crippen LogP contribution in [0.1, 0.15) is 11.1 Å². The van der Waals surface area contributed by atoms with Crippen molar-refractivity contribution in [2.24, 2.45) is 0 Å². The predicted octanol–water partition coefficient (Wildman–Crippen LogP) is 9.70. The molecule has 1 aromatic heterocycles. The lowest BCUT2D eigenvalue weighted by Gasteiger charge is -2.44. The number of alkyl halides is 3. The van der Waals surface area contributed by atoms with Gasteiger partial charge in [0.05, 0.1) is 0 Å². The molecule has 25 heteroatoms. The molecule has 0 fully saturated rings. The molecule has 0 atom stereocenters. The van der Waals surface area contributed by atoms with Crippen LogP contribution in [0.3, 0.4) is 0 Å². The highest BCUT2D eigenvalue weighted by Gasteiger charge is 2.52. The monoisotopic (exact) mass is 965 g/mol. The Morgan fingerprint density at radius 3 is 0.790 bits per heavy atom. The Balaban J connectivity index is 0.000000355. The number of rotatable bonds is 6. The number of hydrogen-bond acceptors (Lipinski definition) is 0. The molecule has 328 valence electrons. The van der Waals surface area contributed by atoms with Gasteiger partial charge < -0.3 is 0 Å². The number of aromatic nitrogens is 1. The smallest absolute Gasteiger partial charge is 0.207 e. The van der Waals surface area contributed by atoms with Crippen molar-refractivity contribution in [3.8, 4) is 0 Å². The number of hydrogen-bond donors (Lipinski definition) is 0. The van der Waals surface area contributed by atoms with E-state index in [0.717, 1.165) is 6.54 Å². The van der Waals surface area contributed by atoms with Gasteiger partial charge >= 0.3 is 0 Å². The van der Waals surface area contributed by atoms with E-state index in [1.165, 1.54) is 5.56 Å². The van der Waals surface area contributed by atoms with Gasteiger partial charge in [0.25, 0.3) is 0 Å². The zero-order valence-electron chi connectivity index (χ0n) is 29.1. The number of nitrogens with zero attached hydrogens (tertiary/aromatic N) is 1. The second kappa shape index (κ2) is 17.5. The Bertz CT molecular complexity index is 2370. The average Bonchev–Trinajstić information content (AvgIpc) is 3.24. The second-order valence-corrected chi connectivity index (χ2v) is 14.8. The van der Waals surface area contributed by atoms with Crippen LogP contribution in [0.25, 0.3) is 0 Å². The molecular formula is C37H11BCl3F20N. The van der Waals surface area contributed by atoms with Crippen molar-refractivity contribution < 1.29 is 92.4 Å². The third kappa shape index (κ3) is 7.77. The van der Waals surface area contributed by atoms with Crippen molar-refractivity contribution >= 4 is 62.8 Å². The minimum Gasteiger partial charge on any atom is -0.207 e. The standard InChI is InChI=1S/C24BF20.C13H11Cl3N/c26-5-1(6(27)14(35)21(42)13(5)34)25(2-7(28)15(36)22(43)16(37)8(2)29,3-9(30)17(38)23(44)18(39)10(3)31)4-11(32)19(40)24(45)20(41)12(4)33;14-13(15,16)12-6-8-17(9-7-12)10-11-4-2-1-3-5-11/h;1-9H,10H2/q-1;+1. The zero-order chi connectivity index (χ0) is 46.7. The van der Waals surface area contributed by atoms with Crippen LogP contribution in [0.4, 0.5) is 87.8 Å². The molecule has 0 N–H and O–H groups in total. The first kappa shape index (κ1) is 47.8. The minimum absolute atomic E-state index is 0.673. The van der Waals surface area contributed by atoms with Gasteiger partial charge in [-0.2, -0.15) is 0 Å². The zero-order valence-corrected chi connectivity index (χ0v) is 31.4. The average molecular weight is 967 g/mol. The Hall–Kier alpha value is -5.22. The Morgan fingerprint density at radius 2 is 0.565 bits per heavy atom. The third-order valence-corrected chi connectivity index (χ3v) is 9.79. The van der Waals surface area contributed by atoms with Crippen LogP contribution in [0, 0.1) is 116 Å². The summed E-state index contributed by atoms with van der Waals surface area (Å²) in [6.45, 7) is 0.807. The van der Waals surface area contributed by atoms with E-state index in [2.05, 4.69) is 12.1 Å². The molecule has 6 rings (SSSR count). The fourth-order valence-electron chi connectivity index (χ4n) is 6.42. The van der Waals surface area contributed by atoms with Crippen LogP contribution >= 0.6 is 34.8 Å². The molecule has 0 saturated carbocycles. The molecule has 1 heterocycles. The van der Waals surface area contributed by atoms with Crippen LogP contribution in [-0.4, -0.2) is 6.15 Å². The molecule has 0 aliphatic carbocycles. The molecule has 6 aromatic rings. The highest BCUT2D eigenvalue weighted by atomic mass is 35.6. The number of pyridine rings is 1. The van der Waals surface area contributed by atoms with Crippen molar-refractivity contribution in [3.05, 3.63) is 182 Å². The van der Waals surface area contributed by atoms with Crippen LogP contribution in [0.5, 0.6) is 0 Å². The molecule has 0 spiro atoms. The summed E-state index contributed by atoms with van der Waals surface area (Å²) < 4.78 is 295. The summed E-state index contributed by atoms with van der Waals surface area (Å²) >= 11 is 17.4. The molecule has 0 aliphatic rings. The van der Waals surface area contributed by atoms with Gasteiger partial charge in [-0.1, -0.05) is 65.1 Å². The molecule has 0 aliphatic heterocycles. The fourth-order valence-corrected chi connectivity index (χ4v) is 6.80. The van der Waals surface area contributed by atoms with Crippen molar-refractivity contribution in [1.82, 2.24) is 0 Å². The summed E-state index contributed by atoms with van der Waals surface area (Å²) in [6.07, 6.45) is -3.40. The van der Waals surface area contributed by atoms with E-state index in [9.17, 15) is 52.7 Å². The normalized spacial score (nSPS) is 11.9. The van der Waals surface area contributed by atoms with Crippen LogP contribution in [-0.2, 0) is 10.3 Å². The lowest BCUT2D eigenvalue weighted by molar-refractivity contribution is -0.688. The van der Waals surface area contributed by atoms with Crippen LogP contribution < -0.4 is 26.4 Å². The van der Waals surface area contributed by atoms with Crippen LogP contribution in [0.2, 0.25) is 0 Å². The predicted molar refractivity (Wildman–Crippen MR) is 181 cm³/mol. The molecule has 5 aromatic carbocycles. The molecule has 62 heavy (non-hydrogen) atoms. The Labute approximate surface area is 347 Å². The van der Waals surface area contributed by atoms with E-state index in [1.807, 2.05) is 47.3 Å². The first-order chi connectivity index (χ1) is 28.8. The molecule has 0 unspecified atom stereocenters. The lowest BCUT2D eigenvalue weighted by atomic mass is 9.12. The van der Waals surface area contributed by atoms with Gasteiger partial charge in [0.2, 0.25) is 3.79 Å². The van der Waals surface area contributed by atoms with E-state index in [1.54, 1.807) is 0 Å².